The van der Waals surface area contributed by atoms with E-state index in [9.17, 15) is 0 Å². The summed E-state index contributed by atoms with van der Waals surface area (Å²) in [6.07, 6.45) is 2.27. The van der Waals surface area contributed by atoms with Crippen LogP contribution in [0, 0.1) is 0 Å². The molecule has 0 aromatic carbocycles. The molecule has 0 aliphatic carbocycles. The summed E-state index contributed by atoms with van der Waals surface area (Å²) in [5.74, 6) is 0.769. The first-order chi connectivity index (χ1) is 5.88. The SMILES string of the molecule is CCCCn1nnnc1NCC. The van der Waals surface area contributed by atoms with E-state index in [1.54, 1.807) is 4.68 Å². The summed E-state index contributed by atoms with van der Waals surface area (Å²) in [5, 5.41) is 14.4. The molecule has 0 unspecified atom stereocenters. The van der Waals surface area contributed by atoms with Crippen LogP contribution in [0.1, 0.15) is 26.7 Å². The van der Waals surface area contributed by atoms with Gasteiger partial charge in [0.2, 0.25) is 5.95 Å². The Labute approximate surface area is 72.2 Å². The molecule has 5 nitrogen and oxygen atoms in total. The van der Waals surface area contributed by atoms with Gasteiger partial charge >= 0.3 is 0 Å². The molecular weight excluding hydrogens is 154 g/mol. The van der Waals surface area contributed by atoms with Gasteiger partial charge in [0.05, 0.1) is 0 Å². The van der Waals surface area contributed by atoms with Crippen molar-refractivity contribution in [2.45, 2.75) is 33.2 Å². The molecular formula is C7H15N5. The molecule has 1 aromatic heterocycles. The molecule has 0 radical (unpaired) electrons. The molecule has 0 saturated carbocycles. The van der Waals surface area contributed by atoms with Crippen LogP contribution in [0.3, 0.4) is 0 Å². The molecule has 0 atom stereocenters. The minimum atomic E-state index is 0.769. The van der Waals surface area contributed by atoms with E-state index >= 15 is 0 Å². The number of hydrogen-bond donors (Lipinski definition) is 1. The maximum Gasteiger partial charge on any atom is 0.242 e. The highest BCUT2D eigenvalue weighted by Gasteiger charge is 2.01. The monoisotopic (exact) mass is 169 g/mol. The van der Waals surface area contributed by atoms with E-state index < -0.39 is 0 Å². The predicted octanol–water partition coefficient (Wildman–Crippen LogP) is 0.905. The summed E-state index contributed by atoms with van der Waals surface area (Å²) in [6, 6.07) is 0. The Morgan fingerprint density at radius 3 is 2.92 bits per heavy atom. The number of tetrazole rings is 1. The van der Waals surface area contributed by atoms with Crippen molar-refractivity contribution in [1.29, 1.82) is 0 Å². The summed E-state index contributed by atoms with van der Waals surface area (Å²) < 4.78 is 1.80. The van der Waals surface area contributed by atoms with Gasteiger partial charge in [0, 0.05) is 13.1 Å². The van der Waals surface area contributed by atoms with Gasteiger partial charge < -0.3 is 5.32 Å². The van der Waals surface area contributed by atoms with E-state index in [0.717, 1.165) is 31.9 Å². The quantitative estimate of drug-likeness (QED) is 0.711. The van der Waals surface area contributed by atoms with Crippen LogP contribution in [0.4, 0.5) is 5.95 Å². The lowest BCUT2D eigenvalue weighted by Gasteiger charge is -2.02. The topological polar surface area (TPSA) is 55.6 Å². The first-order valence-electron chi connectivity index (χ1n) is 4.38. The first-order valence-corrected chi connectivity index (χ1v) is 4.38. The van der Waals surface area contributed by atoms with Crippen molar-refractivity contribution in [3.63, 3.8) is 0 Å². The zero-order valence-corrected chi connectivity index (χ0v) is 7.62. The van der Waals surface area contributed by atoms with E-state index in [1.165, 1.54) is 0 Å². The van der Waals surface area contributed by atoms with Gasteiger partial charge in [0.15, 0.2) is 0 Å². The van der Waals surface area contributed by atoms with Gasteiger partial charge in [-0.25, -0.2) is 4.68 Å². The number of hydrogen-bond acceptors (Lipinski definition) is 4. The van der Waals surface area contributed by atoms with Gasteiger partial charge in [-0.05, 0) is 23.8 Å². The standard InChI is InChI=1S/C7H15N5/c1-3-5-6-12-7(8-4-2)9-10-11-12/h3-6H2,1-2H3,(H,8,9,11). The van der Waals surface area contributed by atoms with Crippen LogP contribution < -0.4 is 5.32 Å². The molecule has 5 heteroatoms. The number of anilines is 1. The Bertz CT molecular complexity index is 219. The van der Waals surface area contributed by atoms with Crippen LogP contribution >= 0.6 is 0 Å². The Morgan fingerprint density at radius 1 is 1.42 bits per heavy atom. The number of aromatic nitrogens is 4. The lowest BCUT2D eigenvalue weighted by molar-refractivity contribution is 0.557. The highest BCUT2D eigenvalue weighted by molar-refractivity contribution is 5.20. The Kier molecular flexibility index (Phi) is 3.50. The molecule has 0 aliphatic heterocycles. The Hall–Kier alpha value is -1.13. The summed E-state index contributed by atoms with van der Waals surface area (Å²) in [7, 11) is 0. The van der Waals surface area contributed by atoms with Gasteiger partial charge in [-0.2, -0.15) is 0 Å². The lowest BCUT2D eigenvalue weighted by atomic mass is 10.3. The van der Waals surface area contributed by atoms with Crippen molar-refractivity contribution in [1.82, 2.24) is 20.2 Å². The second kappa shape index (κ2) is 4.69. The third-order valence-corrected chi connectivity index (χ3v) is 1.59. The Balaban J connectivity index is 2.51. The fourth-order valence-electron chi connectivity index (χ4n) is 0.948. The highest BCUT2D eigenvalue weighted by atomic mass is 15.6. The van der Waals surface area contributed by atoms with Crippen LogP contribution in [0.2, 0.25) is 0 Å². The largest absolute Gasteiger partial charge is 0.353 e. The number of nitrogens with one attached hydrogen (secondary N) is 1. The third kappa shape index (κ3) is 2.18. The normalized spacial score (nSPS) is 10.2. The van der Waals surface area contributed by atoms with E-state index in [-0.39, 0.29) is 0 Å². The second-order valence-electron chi connectivity index (χ2n) is 2.61. The average Bonchev–Trinajstić information content (AvgIpc) is 2.50. The number of aryl methyl sites for hydroxylation is 1. The minimum absolute atomic E-state index is 0.769. The van der Waals surface area contributed by atoms with Crippen LogP contribution in [-0.2, 0) is 6.54 Å². The molecule has 0 saturated heterocycles. The molecule has 0 amide bonds. The van der Waals surface area contributed by atoms with Crippen molar-refractivity contribution < 1.29 is 0 Å². The van der Waals surface area contributed by atoms with Crippen molar-refractivity contribution >= 4 is 5.95 Å². The van der Waals surface area contributed by atoms with E-state index in [0.29, 0.717) is 0 Å². The minimum Gasteiger partial charge on any atom is -0.353 e. The third-order valence-electron chi connectivity index (χ3n) is 1.59. The molecule has 12 heavy (non-hydrogen) atoms. The molecule has 0 aliphatic rings. The molecule has 68 valence electrons. The van der Waals surface area contributed by atoms with Crippen molar-refractivity contribution in [2.24, 2.45) is 0 Å². The molecule has 0 fully saturated rings. The van der Waals surface area contributed by atoms with E-state index in [2.05, 4.69) is 27.8 Å². The molecule has 1 aromatic rings. The van der Waals surface area contributed by atoms with Crippen molar-refractivity contribution in [3.8, 4) is 0 Å². The summed E-state index contributed by atoms with van der Waals surface area (Å²) in [5.41, 5.74) is 0. The first kappa shape index (κ1) is 8.96. The maximum atomic E-state index is 3.87. The average molecular weight is 169 g/mol. The fourth-order valence-corrected chi connectivity index (χ4v) is 0.948. The fraction of sp³-hybridized carbons (Fsp3) is 0.857. The lowest BCUT2D eigenvalue weighted by Crippen LogP contribution is -2.08. The summed E-state index contributed by atoms with van der Waals surface area (Å²) in [4.78, 5) is 0. The van der Waals surface area contributed by atoms with Gasteiger partial charge in [-0.1, -0.05) is 18.4 Å². The number of unbranched alkanes of at least 4 members (excludes halogenated alkanes) is 1. The molecule has 1 heterocycles. The molecule has 0 bridgehead atoms. The van der Waals surface area contributed by atoms with Gasteiger partial charge in [0.25, 0.3) is 0 Å². The predicted molar refractivity (Wildman–Crippen MR) is 46.9 cm³/mol. The Morgan fingerprint density at radius 2 is 2.25 bits per heavy atom. The smallest absolute Gasteiger partial charge is 0.242 e. The molecule has 1 rings (SSSR count). The zero-order chi connectivity index (χ0) is 8.81. The number of nitrogens with zero attached hydrogens (tertiary/aromatic N) is 4. The van der Waals surface area contributed by atoms with Crippen molar-refractivity contribution in [3.05, 3.63) is 0 Å². The second-order valence-corrected chi connectivity index (χ2v) is 2.61. The van der Waals surface area contributed by atoms with E-state index in [1.807, 2.05) is 6.92 Å². The van der Waals surface area contributed by atoms with Gasteiger partial charge in [0.1, 0.15) is 0 Å². The van der Waals surface area contributed by atoms with Crippen LogP contribution in [-0.4, -0.2) is 26.8 Å². The summed E-state index contributed by atoms with van der Waals surface area (Å²) in [6.45, 7) is 5.93. The van der Waals surface area contributed by atoms with Gasteiger partial charge in [-0.3, -0.25) is 0 Å². The zero-order valence-electron chi connectivity index (χ0n) is 7.62. The van der Waals surface area contributed by atoms with Gasteiger partial charge in [-0.15, -0.1) is 0 Å². The summed E-state index contributed by atoms with van der Waals surface area (Å²) >= 11 is 0. The molecule has 0 spiro atoms. The van der Waals surface area contributed by atoms with Crippen LogP contribution in [0.25, 0.3) is 0 Å². The van der Waals surface area contributed by atoms with E-state index in [4.69, 9.17) is 0 Å². The molecule has 1 N–H and O–H groups in total. The number of rotatable bonds is 5. The maximum absolute atomic E-state index is 3.87. The van der Waals surface area contributed by atoms with Crippen LogP contribution in [0.5, 0.6) is 0 Å². The van der Waals surface area contributed by atoms with Crippen LogP contribution in [0.15, 0.2) is 0 Å². The highest BCUT2D eigenvalue weighted by Crippen LogP contribution is 2.00. The van der Waals surface area contributed by atoms with Crippen molar-refractivity contribution in [2.75, 3.05) is 11.9 Å².